The van der Waals surface area contributed by atoms with Gasteiger partial charge in [-0.25, -0.2) is 9.67 Å². The number of rotatable bonds is 6. The molecular weight excluding hydrogens is 260 g/mol. The van der Waals surface area contributed by atoms with Gasteiger partial charge in [0.05, 0.1) is 11.5 Å². The summed E-state index contributed by atoms with van der Waals surface area (Å²) in [5.41, 5.74) is 5.58. The topological polar surface area (TPSA) is 63.2 Å². The molecule has 1 fully saturated rings. The van der Waals surface area contributed by atoms with Crippen LogP contribution < -0.4 is 5.73 Å². The maximum Gasteiger partial charge on any atom is 0.141 e. The predicted octanol–water partition coefficient (Wildman–Crippen LogP) is 0.0918. The third-order valence-corrected chi connectivity index (χ3v) is 3.47. The molecule has 0 unspecified atom stereocenters. The van der Waals surface area contributed by atoms with E-state index in [-0.39, 0.29) is 0 Å². The molecule has 2 rings (SSSR count). The van der Waals surface area contributed by atoms with Crippen molar-refractivity contribution in [2.45, 2.75) is 26.4 Å². The molecule has 1 aliphatic heterocycles. The van der Waals surface area contributed by atoms with Crippen molar-refractivity contribution in [3.8, 4) is 0 Å². The van der Waals surface area contributed by atoms with Crippen molar-refractivity contribution in [2.75, 3.05) is 32.7 Å². The molecule has 0 aliphatic carbocycles. The zero-order chi connectivity index (χ0) is 13.7. The molecule has 0 bridgehead atoms. The van der Waals surface area contributed by atoms with Crippen LogP contribution >= 0.6 is 12.2 Å². The third kappa shape index (κ3) is 4.22. The van der Waals surface area contributed by atoms with Crippen LogP contribution in [-0.2, 0) is 13.1 Å². The molecular formula is C12H22N6S. The normalized spacial score (nSPS) is 17.7. The number of piperazine rings is 1. The second-order valence-electron chi connectivity index (χ2n) is 4.92. The van der Waals surface area contributed by atoms with Gasteiger partial charge in [0, 0.05) is 39.3 Å². The highest BCUT2D eigenvalue weighted by Gasteiger charge is 2.18. The van der Waals surface area contributed by atoms with E-state index >= 15 is 0 Å². The van der Waals surface area contributed by atoms with Crippen LogP contribution in [0.2, 0.25) is 0 Å². The van der Waals surface area contributed by atoms with Crippen molar-refractivity contribution in [3.05, 3.63) is 12.2 Å². The predicted molar refractivity (Wildman–Crippen MR) is 78.8 cm³/mol. The van der Waals surface area contributed by atoms with Crippen LogP contribution in [-0.4, -0.2) is 62.3 Å². The summed E-state index contributed by atoms with van der Waals surface area (Å²) in [6.45, 7) is 8.79. The van der Waals surface area contributed by atoms with Crippen molar-refractivity contribution in [2.24, 2.45) is 5.73 Å². The standard InChI is InChI=1S/C12H22N6S/c1-2-3-18-12(14-10-15-18)9-17-6-4-16(5-7-17)8-11(13)19/h10H,2-9H2,1H3,(H2,13,19). The zero-order valence-corrected chi connectivity index (χ0v) is 12.3. The molecule has 1 aromatic heterocycles. The Morgan fingerprint density at radius 2 is 2.00 bits per heavy atom. The molecule has 0 saturated carbocycles. The van der Waals surface area contributed by atoms with Crippen LogP contribution in [0.25, 0.3) is 0 Å². The Morgan fingerprint density at radius 1 is 1.32 bits per heavy atom. The number of thiocarbonyl (C=S) groups is 1. The Hall–Kier alpha value is -1.05. The lowest BCUT2D eigenvalue weighted by atomic mass is 10.3. The summed E-state index contributed by atoms with van der Waals surface area (Å²) in [6.07, 6.45) is 2.73. The first-order valence-corrected chi connectivity index (χ1v) is 7.19. The Balaban J connectivity index is 1.82. The monoisotopic (exact) mass is 282 g/mol. The third-order valence-electron chi connectivity index (χ3n) is 3.34. The SMILES string of the molecule is CCCn1ncnc1CN1CCN(CC(N)=S)CC1. The fraction of sp³-hybridized carbons (Fsp3) is 0.750. The van der Waals surface area contributed by atoms with Crippen molar-refractivity contribution in [1.82, 2.24) is 24.6 Å². The molecule has 106 valence electrons. The highest BCUT2D eigenvalue weighted by Crippen LogP contribution is 2.07. The highest BCUT2D eigenvalue weighted by atomic mass is 32.1. The molecule has 0 atom stereocenters. The highest BCUT2D eigenvalue weighted by molar-refractivity contribution is 7.80. The zero-order valence-electron chi connectivity index (χ0n) is 11.5. The van der Waals surface area contributed by atoms with Gasteiger partial charge in [-0.15, -0.1) is 0 Å². The molecule has 19 heavy (non-hydrogen) atoms. The van der Waals surface area contributed by atoms with Crippen LogP contribution in [0, 0.1) is 0 Å². The summed E-state index contributed by atoms with van der Waals surface area (Å²) in [4.78, 5) is 9.64. The van der Waals surface area contributed by atoms with E-state index in [1.807, 2.05) is 4.68 Å². The molecule has 2 heterocycles. The summed E-state index contributed by atoms with van der Waals surface area (Å²) < 4.78 is 2.00. The van der Waals surface area contributed by atoms with Gasteiger partial charge in [-0.2, -0.15) is 5.10 Å². The lowest BCUT2D eigenvalue weighted by molar-refractivity contribution is 0.136. The van der Waals surface area contributed by atoms with Gasteiger partial charge in [0.25, 0.3) is 0 Å². The van der Waals surface area contributed by atoms with Crippen molar-refractivity contribution in [3.63, 3.8) is 0 Å². The molecule has 2 N–H and O–H groups in total. The van der Waals surface area contributed by atoms with Crippen molar-refractivity contribution in [1.29, 1.82) is 0 Å². The fourth-order valence-corrected chi connectivity index (χ4v) is 2.52. The van der Waals surface area contributed by atoms with E-state index in [4.69, 9.17) is 18.0 Å². The molecule has 1 saturated heterocycles. The molecule has 6 nitrogen and oxygen atoms in total. The quantitative estimate of drug-likeness (QED) is 0.746. The molecule has 0 spiro atoms. The number of aromatic nitrogens is 3. The molecule has 0 radical (unpaired) electrons. The van der Waals surface area contributed by atoms with Gasteiger partial charge in [0.2, 0.25) is 0 Å². The van der Waals surface area contributed by atoms with Crippen LogP contribution in [0.5, 0.6) is 0 Å². The number of nitrogens with zero attached hydrogens (tertiary/aromatic N) is 5. The van der Waals surface area contributed by atoms with E-state index < -0.39 is 0 Å². The second-order valence-corrected chi connectivity index (χ2v) is 5.44. The van der Waals surface area contributed by atoms with Crippen LogP contribution in [0.4, 0.5) is 0 Å². The van der Waals surface area contributed by atoms with E-state index in [1.54, 1.807) is 6.33 Å². The van der Waals surface area contributed by atoms with Crippen molar-refractivity contribution >= 4 is 17.2 Å². The Morgan fingerprint density at radius 3 is 2.63 bits per heavy atom. The Bertz CT molecular complexity index is 410. The smallest absolute Gasteiger partial charge is 0.141 e. The first-order chi connectivity index (χ1) is 9.19. The van der Waals surface area contributed by atoms with E-state index in [0.29, 0.717) is 4.99 Å². The second kappa shape index (κ2) is 6.93. The lowest BCUT2D eigenvalue weighted by Gasteiger charge is -2.34. The Kier molecular flexibility index (Phi) is 5.24. The largest absolute Gasteiger partial charge is 0.392 e. The number of aryl methyl sites for hydroxylation is 1. The maximum atomic E-state index is 5.58. The molecule has 0 aromatic carbocycles. The van der Waals surface area contributed by atoms with E-state index in [0.717, 1.165) is 58.1 Å². The van der Waals surface area contributed by atoms with Crippen LogP contribution in [0.15, 0.2) is 6.33 Å². The minimum Gasteiger partial charge on any atom is -0.392 e. The molecule has 0 amide bonds. The molecule has 1 aromatic rings. The number of hydrogen-bond acceptors (Lipinski definition) is 5. The summed E-state index contributed by atoms with van der Waals surface area (Å²) in [5, 5.41) is 4.26. The Labute approximate surface area is 119 Å². The van der Waals surface area contributed by atoms with Gasteiger partial charge < -0.3 is 5.73 Å². The van der Waals surface area contributed by atoms with Gasteiger partial charge in [-0.3, -0.25) is 9.80 Å². The lowest BCUT2D eigenvalue weighted by Crippen LogP contribution is -2.48. The number of nitrogens with two attached hydrogens (primary N) is 1. The van der Waals surface area contributed by atoms with Gasteiger partial charge in [-0.05, 0) is 6.42 Å². The summed E-state index contributed by atoms with van der Waals surface area (Å²) >= 11 is 4.95. The summed E-state index contributed by atoms with van der Waals surface area (Å²) in [6, 6.07) is 0. The maximum absolute atomic E-state index is 5.58. The molecule has 7 heteroatoms. The minimum absolute atomic E-state index is 0.580. The first-order valence-electron chi connectivity index (χ1n) is 6.78. The van der Waals surface area contributed by atoms with Crippen LogP contribution in [0.3, 0.4) is 0 Å². The number of hydrogen-bond donors (Lipinski definition) is 1. The van der Waals surface area contributed by atoms with Crippen LogP contribution in [0.1, 0.15) is 19.2 Å². The summed E-state index contributed by atoms with van der Waals surface area (Å²) in [7, 11) is 0. The summed E-state index contributed by atoms with van der Waals surface area (Å²) in [5.74, 6) is 1.06. The van der Waals surface area contributed by atoms with Gasteiger partial charge in [0.1, 0.15) is 12.2 Å². The van der Waals surface area contributed by atoms with Crippen molar-refractivity contribution < 1.29 is 0 Å². The van der Waals surface area contributed by atoms with Gasteiger partial charge >= 0.3 is 0 Å². The average molecular weight is 282 g/mol. The van der Waals surface area contributed by atoms with Gasteiger partial charge in [0.15, 0.2) is 0 Å². The van der Waals surface area contributed by atoms with E-state index in [1.165, 1.54) is 0 Å². The molecule has 1 aliphatic rings. The average Bonchev–Trinajstić information content (AvgIpc) is 2.79. The fourth-order valence-electron chi connectivity index (χ4n) is 2.34. The van der Waals surface area contributed by atoms with E-state index in [9.17, 15) is 0 Å². The minimum atomic E-state index is 0.580. The van der Waals surface area contributed by atoms with Gasteiger partial charge in [-0.1, -0.05) is 19.1 Å². The van der Waals surface area contributed by atoms with E-state index in [2.05, 4.69) is 26.8 Å². The first kappa shape index (κ1) is 14.4.